The maximum absolute atomic E-state index is 11.7. The molecule has 0 unspecified atom stereocenters. The molecule has 6 heteroatoms. The lowest BCUT2D eigenvalue weighted by Crippen LogP contribution is -2.40. The van der Waals surface area contributed by atoms with E-state index >= 15 is 0 Å². The largest absolute Gasteiger partial charge is 0.440 e. The number of nitrogens with one attached hydrogen (secondary N) is 1. The van der Waals surface area contributed by atoms with Crippen LogP contribution in [0.4, 0.5) is 0 Å². The zero-order valence-electron chi connectivity index (χ0n) is 9.32. The van der Waals surface area contributed by atoms with Crippen LogP contribution in [0, 0.1) is 0 Å². The van der Waals surface area contributed by atoms with Gasteiger partial charge in [0.2, 0.25) is 0 Å². The van der Waals surface area contributed by atoms with Crippen molar-refractivity contribution in [3.8, 4) is 0 Å². The molecule has 17 heavy (non-hydrogen) atoms. The molecule has 1 saturated carbocycles. The Labute approximate surface area is 111 Å². The van der Waals surface area contributed by atoms with Gasteiger partial charge in [-0.05, 0) is 49.4 Å². The van der Waals surface area contributed by atoms with Crippen LogP contribution in [0.25, 0.3) is 0 Å². The van der Waals surface area contributed by atoms with Crippen LogP contribution in [-0.2, 0) is 0 Å². The molecule has 1 aromatic heterocycles. The van der Waals surface area contributed by atoms with Crippen molar-refractivity contribution in [2.45, 2.75) is 37.8 Å². The first-order valence-corrected chi connectivity index (χ1v) is 5.85. The molecule has 4 nitrogen and oxygen atoms in total. The molecule has 0 saturated heterocycles. The third-order valence-electron chi connectivity index (χ3n) is 2.90. The molecule has 0 atom stereocenters. The summed E-state index contributed by atoms with van der Waals surface area (Å²) in [4.78, 5) is 11.7. The van der Waals surface area contributed by atoms with Gasteiger partial charge in [0.15, 0.2) is 11.0 Å². The van der Waals surface area contributed by atoms with Crippen LogP contribution in [0.1, 0.15) is 36.2 Å². The molecular weight excluding hydrogens is 263 g/mol. The van der Waals surface area contributed by atoms with E-state index in [0.717, 1.165) is 25.7 Å². The number of amides is 1. The predicted octanol–water partition coefficient (Wildman–Crippen LogP) is 2.35. The fourth-order valence-corrected chi connectivity index (χ4v) is 2.10. The van der Waals surface area contributed by atoms with E-state index in [-0.39, 0.29) is 41.4 Å². The van der Waals surface area contributed by atoms with Gasteiger partial charge in [0, 0.05) is 12.1 Å². The van der Waals surface area contributed by atoms with Gasteiger partial charge in [-0.25, -0.2) is 0 Å². The van der Waals surface area contributed by atoms with E-state index in [1.165, 1.54) is 0 Å². The number of furan rings is 1. The monoisotopic (exact) mass is 278 g/mol. The Kier molecular flexibility index (Phi) is 5.31. The summed E-state index contributed by atoms with van der Waals surface area (Å²) in [6.45, 7) is 0. The van der Waals surface area contributed by atoms with Gasteiger partial charge in [-0.1, -0.05) is 0 Å². The molecule has 1 aliphatic carbocycles. The number of rotatable bonds is 2. The number of nitrogens with two attached hydrogens (primary N) is 1. The molecule has 2 rings (SSSR count). The summed E-state index contributed by atoms with van der Waals surface area (Å²) in [5, 5.41) is 3.15. The fourth-order valence-electron chi connectivity index (χ4n) is 1.96. The van der Waals surface area contributed by atoms with Crippen LogP contribution in [0.2, 0.25) is 5.22 Å². The second kappa shape index (κ2) is 6.28. The highest BCUT2D eigenvalue weighted by molar-refractivity contribution is 6.29. The maximum Gasteiger partial charge on any atom is 0.287 e. The van der Waals surface area contributed by atoms with Gasteiger partial charge < -0.3 is 15.5 Å². The predicted molar refractivity (Wildman–Crippen MR) is 68.7 cm³/mol. The zero-order valence-corrected chi connectivity index (χ0v) is 10.9. The maximum atomic E-state index is 11.7. The summed E-state index contributed by atoms with van der Waals surface area (Å²) in [5.41, 5.74) is 5.79. The zero-order chi connectivity index (χ0) is 11.5. The van der Waals surface area contributed by atoms with Crippen LogP contribution in [-0.4, -0.2) is 18.0 Å². The molecule has 1 aromatic rings. The lowest BCUT2D eigenvalue weighted by molar-refractivity contribution is 0.0898. The first-order chi connectivity index (χ1) is 7.65. The minimum Gasteiger partial charge on any atom is -0.440 e. The minimum atomic E-state index is -0.202. The van der Waals surface area contributed by atoms with Crippen molar-refractivity contribution in [1.82, 2.24) is 5.32 Å². The third-order valence-corrected chi connectivity index (χ3v) is 3.11. The third kappa shape index (κ3) is 3.91. The Morgan fingerprint density at radius 1 is 1.35 bits per heavy atom. The Morgan fingerprint density at radius 3 is 2.53 bits per heavy atom. The summed E-state index contributed by atoms with van der Waals surface area (Å²) in [7, 11) is 0. The van der Waals surface area contributed by atoms with Crippen molar-refractivity contribution >= 4 is 29.9 Å². The average Bonchev–Trinajstić information content (AvgIpc) is 2.68. The topological polar surface area (TPSA) is 68.3 Å². The normalized spacial score (nSPS) is 23.9. The first kappa shape index (κ1) is 14.4. The number of carbonyl (C=O) groups is 1. The van der Waals surface area contributed by atoms with Crippen molar-refractivity contribution in [2.75, 3.05) is 0 Å². The van der Waals surface area contributed by atoms with E-state index < -0.39 is 0 Å². The molecule has 0 aliphatic heterocycles. The molecule has 1 fully saturated rings. The van der Waals surface area contributed by atoms with Gasteiger partial charge in [-0.3, -0.25) is 4.79 Å². The summed E-state index contributed by atoms with van der Waals surface area (Å²) >= 11 is 5.60. The number of halogens is 2. The van der Waals surface area contributed by atoms with Gasteiger partial charge in [0.25, 0.3) is 5.91 Å². The van der Waals surface area contributed by atoms with Crippen molar-refractivity contribution in [3.63, 3.8) is 0 Å². The van der Waals surface area contributed by atoms with E-state index in [0.29, 0.717) is 0 Å². The van der Waals surface area contributed by atoms with Crippen LogP contribution in [0.15, 0.2) is 16.5 Å². The molecule has 1 aliphatic rings. The summed E-state index contributed by atoms with van der Waals surface area (Å²) in [5.74, 6) is 0.0623. The van der Waals surface area contributed by atoms with Gasteiger partial charge in [0.05, 0.1) is 0 Å². The lowest BCUT2D eigenvalue weighted by Gasteiger charge is -2.26. The molecule has 0 bridgehead atoms. The van der Waals surface area contributed by atoms with Crippen LogP contribution in [0.3, 0.4) is 0 Å². The summed E-state index contributed by atoms with van der Waals surface area (Å²) < 4.78 is 5.04. The van der Waals surface area contributed by atoms with Gasteiger partial charge in [-0.15, -0.1) is 12.4 Å². The standard InChI is InChI=1S/C11H15ClN2O2.ClH/c12-10-6-5-9(16-10)11(15)14-8-3-1-7(13)2-4-8;/h5-8H,1-4,13H2,(H,14,15);1H. The van der Waals surface area contributed by atoms with Crippen LogP contribution in [0.5, 0.6) is 0 Å². The van der Waals surface area contributed by atoms with Gasteiger partial charge in [-0.2, -0.15) is 0 Å². The van der Waals surface area contributed by atoms with Crippen molar-refractivity contribution < 1.29 is 9.21 Å². The Hall–Kier alpha value is -0.710. The minimum absolute atomic E-state index is 0. The molecule has 0 aromatic carbocycles. The molecule has 3 N–H and O–H groups in total. The van der Waals surface area contributed by atoms with Gasteiger partial charge >= 0.3 is 0 Å². The number of hydrogen-bond donors (Lipinski definition) is 2. The smallest absolute Gasteiger partial charge is 0.287 e. The van der Waals surface area contributed by atoms with E-state index in [1.54, 1.807) is 12.1 Å². The molecular formula is C11H16Cl2N2O2. The molecule has 1 amide bonds. The second-order valence-corrected chi connectivity index (χ2v) is 4.56. The summed E-state index contributed by atoms with van der Waals surface area (Å²) in [6, 6.07) is 3.63. The van der Waals surface area contributed by atoms with E-state index in [9.17, 15) is 4.79 Å². The van der Waals surface area contributed by atoms with E-state index in [1.807, 2.05) is 0 Å². The fraction of sp³-hybridized carbons (Fsp3) is 0.545. The van der Waals surface area contributed by atoms with Crippen molar-refractivity contribution in [3.05, 3.63) is 23.1 Å². The molecule has 0 radical (unpaired) electrons. The quantitative estimate of drug-likeness (QED) is 0.873. The van der Waals surface area contributed by atoms with Crippen LogP contribution >= 0.6 is 24.0 Å². The van der Waals surface area contributed by atoms with Crippen molar-refractivity contribution in [1.29, 1.82) is 0 Å². The van der Waals surface area contributed by atoms with Crippen molar-refractivity contribution in [2.24, 2.45) is 5.73 Å². The summed E-state index contributed by atoms with van der Waals surface area (Å²) in [6.07, 6.45) is 3.79. The highest BCUT2D eigenvalue weighted by Crippen LogP contribution is 2.18. The van der Waals surface area contributed by atoms with Gasteiger partial charge in [0.1, 0.15) is 0 Å². The SMILES string of the molecule is Cl.NC1CCC(NC(=O)c2ccc(Cl)o2)CC1. The number of hydrogen-bond acceptors (Lipinski definition) is 3. The second-order valence-electron chi connectivity index (χ2n) is 4.19. The van der Waals surface area contributed by atoms with E-state index in [4.69, 9.17) is 21.8 Å². The highest BCUT2D eigenvalue weighted by Gasteiger charge is 2.21. The Morgan fingerprint density at radius 2 is 2.00 bits per heavy atom. The molecule has 1 heterocycles. The average molecular weight is 279 g/mol. The Balaban J connectivity index is 0.00000144. The first-order valence-electron chi connectivity index (χ1n) is 5.47. The van der Waals surface area contributed by atoms with E-state index in [2.05, 4.69) is 5.32 Å². The van der Waals surface area contributed by atoms with Crippen LogP contribution < -0.4 is 11.1 Å². The lowest BCUT2D eigenvalue weighted by atomic mass is 9.92. The Bertz CT molecular complexity index is 373. The number of carbonyl (C=O) groups excluding carboxylic acids is 1. The highest BCUT2D eigenvalue weighted by atomic mass is 35.5. The molecule has 0 spiro atoms. The molecule has 96 valence electrons.